The Morgan fingerprint density at radius 3 is 3.22 bits per heavy atom. The van der Waals surface area contributed by atoms with E-state index in [-0.39, 0.29) is 6.61 Å². The summed E-state index contributed by atoms with van der Waals surface area (Å²) in [6, 6.07) is 6.28. The first-order valence-corrected chi connectivity index (χ1v) is 7.06. The van der Waals surface area contributed by atoms with Crippen molar-refractivity contribution in [2.24, 2.45) is 0 Å². The summed E-state index contributed by atoms with van der Waals surface area (Å²) in [5.41, 5.74) is 3.39. The first-order chi connectivity index (χ1) is 8.86. The lowest BCUT2D eigenvalue weighted by atomic mass is 10.0. The summed E-state index contributed by atoms with van der Waals surface area (Å²) in [7, 11) is 0. The quantitative estimate of drug-likeness (QED) is 0.923. The number of rotatable bonds is 3. The Morgan fingerprint density at radius 1 is 1.39 bits per heavy atom. The number of hydrogen-bond donors (Lipinski definition) is 1. The van der Waals surface area contributed by atoms with Crippen LogP contribution in [0.4, 0.5) is 0 Å². The number of hydrogen-bond acceptors (Lipinski definition) is 4. The third-order valence-corrected chi connectivity index (χ3v) is 4.02. The molecule has 0 radical (unpaired) electrons. The summed E-state index contributed by atoms with van der Waals surface area (Å²) in [5, 5.41) is 11.9. The second-order valence-corrected chi connectivity index (χ2v) is 5.25. The molecule has 0 spiro atoms. The van der Waals surface area contributed by atoms with Crippen LogP contribution in [0.25, 0.3) is 10.6 Å². The molecule has 1 aliphatic heterocycles. The number of aryl methyl sites for hydroxylation is 1. The van der Waals surface area contributed by atoms with E-state index in [0.717, 1.165) is 41.5 Å². The molecule has 0 fully saturated rings. The van der Waals surface area contributed by atoms with E-state index < -0.39 is 0 Å². The van der Waals surface area contributed by atoms with Crippen molar-refractivity contribution in [1.82, 2.24) is 4.98 Å². The average molecular weight is 261 g/mol. The molecule has 0 amide bonds. The lowest BCUT2D eigenvalue weighted by Crippen LogP contribution is -2.07. The van der Waals surface area contributed by atoms with E-state index in [0.29, 0.717) is 6.42 Å². The maximum absolute atomic E-state index is 8.91. The van der Waals surface area contributed by atoms with Gasteiger partial charge in [0.25, 0.3) is 0 Å². The molecule has 2 heterocycles. The zero-order chi connectivity index (χ0) is 12.4. The third-order valence-electron chi connectivity index (χ3n) is 3.08. The van der Waals surface area contributed by atoms with Crippen LogP contribution < -0.4 is 4.74 Å². The van der Waals surface area contributed by atoms with Gasteiger partial charge < -0.3 is 9.84 Å². The van der Waals surface area contributed by atoms with Crippen LogP contribution in [0, 0.1) is 0 Å². The van der Waals surface area contributed by atoms with E-state index in [9.17, 15) is 0 Å². The fraction of sp³-hybridized carbons (Fsp3) is 0.357. The minimum absolute atomic E-state index is 0.154. The molecule has 1 aromatic carbocycles. The Balaban J connectivity index is 1.91. The summed E-state index contributed by atoms with van der Waals surface area (Å²) in [5.74, 6) is 1.01. The van der Waals surface area contributed by atoms with Crippen LogP contribution in [0.2, 0.25) is 0 Å². The summed E-state index contributed by atoms with van der Waals surface area (Å²) < 4.78 is 5.61. The van der Waals surface area contributed by atoms with Crippen LogP contribution in [-0.2, 0) is 12.8 Å². The van der Waals surface area contributed by atoms with Gasteiger partial charge in [-0.1, -0.05) is 0 Å². The van der Waals surface area contributed by atoms with Crippen LogP contribution in [0.5, 0.6) is 5.75 Å². The van der Waals surface area contributed by atoms with Crippen molar-refractivity contribution >= 4 is 11.3 Å². The van der Waals surface area contributed by atoms with Crippen LogP contribution in [-0.4, -0.2) is 23.3 Å². The summed E-state index contributed by atoms with van der Waals surface area (Å²) in [6.45, 7) is 0.978. The zero-order valence-corrected chi connectivity index (χ0v) is 10.9. The molecule has 0 atom stereocenters. The molecule has 0 unspecified atom stereocenters. The minimum Gasteiger partial charge on any atom is -0.493 e. The topological polar surface area (TPSA) is 42.4 Å². The third kappa shape index (κ3) is 2.26. The second-order valence-electron chi connectivity index (χ2n) is 4.39. The molecule has 0 saturated heterocycles. The Bertz CT molecular complexity index is 550. The molecular weight excluding hydrogens is 246 g/mol. The van der Waals surface area contributed by atoms with Crippen molar-refractivity contribution in [2.45, 2.75) is 19.3 Å². The maximum atomic E-state index is 8.91. The van der Waals surface area contributed by atoms with Gasteiger partial charge in [-0.25, -0.2) is 4.98 Å². The normalized spacial score (nSPS) is 14.1. The zero-order valence-electron chi connectivity index (χ0n) is 10.1. The highest BCUT2D eigenvalue weighted by Gasteiger charge is 2.12. The summed E-state index contributed by atoms with van der Waals surface area (Å²) >= 11 is 1.63. The van der Waals surface area contributed by atoms with Gasteiger partial charge in [0, 0.05) is 24.0 Å². The Morgan fingerprint density at radius 2 is 2.33 bits per heavy atom. The van der Waals surface area contributed by atoms with Crippen molar-refractivity contribution in [3.8, 4) is 16.3 Å². The fourth-order valence-corrected chi connectivity index (χ4v) is 3.01. The van der Waals surface area contributed by atoms with Gasteiger partial charge in [-0.15, -0.1) is 11.3 Å². The number of aromatic nitrogens is 1. The van der Waals surface area contributed by atoms with E-state index in [4.69, 9.17) is 9.84 Å². The van der Waals surface area contributed by atoms with Crippen molar-refractivity contribution in [3.05, 3.63) is 34.8 Å². The van der Waals surface area contributed by atoms with Gasteiger partial charge in [0.05, 0.1) is 12.3 Å². The molecule has 0 aliphatic carbocycles. The molecular formula is C14H15NO2S. The van der Waals surface area contributed by atoms with Gasteiger partial charge in [-0.2, -0.15) is 0 Å². The first-order valence-electron chi connectivity index (χ1n) is 6.18. The van der Waals surface area contributed by atoms with Crippen LogP contribution in [0.3, 0.4) is 0 Å². The SMILES string of the molecule is OCCc1csc(-c2ccc3c(c2)CCCO3)n1. The van der Waals surface area contributed by atoms with Gasteiger partial charge in [0.15, 0.2) is 0 Å². The number of aliphatic hydroxyl groups is 1. The molecule has 2 aromatic rings. The largest absolute Gasteiger partial charge is 0.493 e. The molecule has 94 valence electrons. The Kier molecular flexibility index (Phi) is 3.30. The lowest BCUT2D eigenvalue weighted by Gasteiger charge is -2.17. The lowest BCUT2D eigenvalue weighted by molar-refractivity contribution is 0.288. The Hall–Kier alpha value is -1.39. The van der Waals surface area contributed by atoms with E-state index in [1.54, 1.807) is 11.3 Å². The van der Waals surface area contributed by atoms with Gasteiger partial charge in [0.2, 0.25) is 0 Å². The molecule has 4 heteroatoms. The Labute approximate surface area is 110 Å². The minimum atomic E-state index is 0.154. The molecule has 0 bridgehead atoms. The van der Waals surface area contributed by atoms with E-state index in [2.05, 4.69) is 17.1 Å². The van der Waals surface area contributed by atoms with Crippen molar-refractivity contribution in [3.63, 3.8) is 0 Å². The van der Waals surface area contributed by atoms with Gasteiger partial charge in [-0.3, -0.25) is 0 Å². The standard InChI is InChI=1S/C14H15NO2S/c16-6-5-12-9-18-14(15-12)11-3-4-13-10(8-11)2-1-7-17-13/h3-4,8-9,16H,1-2,5-7H2. The highest BCUT2D eigenvalue weighted by Crippen LogP contribution is 2.31. The number of fused-ring (bicyclic) bond motifs is 1. The predicted molar refractivity (Wildman–Crippen MR) is 72.2 cm³/mol. The van der Waals surface area contributed by atoms with Gasteiger partial charge >= 0.3 is 0 Å². The molecule has 1 aliphatic rings. The van der Waals surface area contributed by atoms with Crippen LogP contribution >= 0.6 is 11.3 Å². The number of benzene rings is 1. The second kappa shape index (κ2) is 5.08. The van der Waals surface area contributed by atoms with Crippen molar-refractivity contribution in [1.29, 1.82) is 0 Å². The molecule has 1 aromatic heterocycles. The monoisotopic (exact) mass is 261 g/mol. The smallest absolute Gasteiger partial charge is 0.123 e. The van der Waals surface area contributed by atoms with Crippen molar-refractivity contribution < 1.29 is 9.84 Å². The van der Waals surface area contributed by atoms with Crippen LogP contribution in [0.1, 0.15) is 17.7 Å². The first kappa shape index (κ1) is 11.7. The number of nitrogens with zero attached hydrogens (tertiary/aromatic N) is 1. The molecule has 3 nitrogen and oxygen atoms in total. The molecule has 18 heavy (non-hydrogen) atoms. The van der Waals surface area contributed by atoms with Gasteiger partial charge in [-0.05, 0) is 36.6 Å². The van der Waals surface area contributed by atoms with Gasteiger partial charge in [0.1, 0.15) is 10.8 Å². The average Bonchev–Trinajstić information content (AvgIpc) is 2.87. The highest BCUT2D eigenvalue weighted by atomic mass is 32.1. The molecule has 0 saturated carbocycles. The number of aliphatic hydroxyl groups excluding tert-OH is 1. The van der Waals surface area contributed by atoms with E-state index >= 15 is 0 Å². The summed E-state index contributed by atoms with van der Waals surface area (Å²) in [6.07, 6.45) is 2.80. The highest BCUT2D eigenvalue weighted by molar-refractivity contribution is 7.13. The van der Waals surface area contributed by atoms with E-state index in [1.807, 2.05) is 11.4 Å². The number of ether oxygens (including phenoxy) is 1. The summed E-state index contributed by atoms with van der Waals surface area (Å²) in [4.78, 5) is 4.54. The van der Waals surface area contributed by atoms with Crippen LogP contribution in [0.15, 0.2) is 23.6 Å². The predicted octanol–water partition coefficient (Wildman–Crippen LogP) is 2.67. The van der Waals surface area contributed by atoms with E-state index in [1.165, 1.54) is 5.56 Å². The molecule has 3 rings (SSSR count). The number of thiazole rings is 1. The molecule has 1 N–H and O–H groups in total. The fourth-order valence-electron chi connectivity index (χ4n) is 2.16. The van der Waals surface area contributed by atoms with Crippen molar-refractivity contribution in [2.75, 3.05) is 13.2 Å². The maximum Gasteiger partial charge on any atom is 0.123 e.